The van der Waals surface area contributed by atoms with E-state index in [1.54, 1.807) is 10.4 Å². The van der Waals surface area contributed by atoms with E-state index in [4.69, 9.17) is 0 Å². The van der Waals surface area contributed by atoms with Gasteiger partial charge in [0.2, 0.25) is 0 Å². The van der Waals surface area contributed by atoms with Crippen molar-refractivity contribution in [3.63, 3.8) is 0 Å². The molecule has 0 saturated heterocycles. The van der Waals surface area contributed by atoms with Crippen LogP contribution in [0.1, 0.15) is 43.0 Å². The lowest BCUT2D eigenvalue weighted by Crippen LogP contribution is -2.39. The number of rotatable bonds is 6. The number of likely N-dealkylation sites (N-methyl/N-ethyl adjacent to an activating group) is 1. The largest absolute Gasteiger partial charge is 0.312 e. The van der Waals surface area contributed by atoms with Crippen LogP contribution in [0.3, 0.4) is 0 Å². The third kappa shape index (κ3) is 3.56. The monoisotopic (exact) mass is 266 g/mol. The van der Waals surface area contributed by atoms with Gasteiger partial charge in [0, 0.05) is 24.0 Å². The van der Waals surface area contributed by atoms with Gasteiger partial charge in [-0.2, -0.15) is 0 Å². The van der Waals surface area contributed by atoms with Crippen LogP contribution in [0.4, 0.5) is 0 Å². The Morgan fingerprint density at radius 2 is 2.39 bits per heavy atom. The molecule has 1 aliphatic rings. The summed E-state index contributed by atoms with van der Waals surface area (Å²) >= 11 is 1.94. The number of hydrogen-bond donors (Lipinski definition) is 1. The summed E-state index contributed by atoms with van der Waals surface area (Å²) < 4.78 is 0. The van der Waals surface area contributed by atoms with E-state index in [1.165, 1.54) is 19.3 Å². The van der Waals surface area contributed by atoms with Crippen LogP contribution < -0.4 is 5.32 Å². The molecule has 0 bridgehead atoms. The van der Waals surface area contributed by atoms with Crippen molar-refractivity contribution in [2.75, 3.05) is 26.7 Å². The van der Waals surface area contributed by atoms with Crippen molar-refractivity contribution in [2.45, 2.75) is 45.1 Å². The Bertz CT molecular complexity index is 361. The fourth-order valence-corrected chi connectivity index (χ4v) is 3.81. The van der Waals surface area contributed by atoms with Gasteiger partial charge >= 0.3 is 0 Å². The average Bonchev–Trinajstić information content (AvgIpc) is 2.84. The van der Waals surface area contributed by atoms with Crippen molar-refractivity contribution in [1.29, 1.82) is 0 Å². The molecule has 1 N–H and O–H groups in total. The highest BCUT2D eigenvalue weighted by Gasteiger charge is 2.21. The van der Waals surface area contributed by atoms with Crippen LogP contribution in [0.2, 0.25) is 0 Å². The minimum Gasteiger partial charge on any atom is -0.312 e. The van der Waals surface area contributed by atoms with Crippen LogP contribution >= 0.6 is 11.3 Å². The van der Waals surface area contributed by atoms with Crippen molar-refractivity contribution in [3.8, 4) is 0 Å². The van der Waals surface area contributed by atoms with E-state index in [9.17, 15) is 0 Å². The number of thiophene rings is 1. The van der Waals surface area contributed by atoms with Crippen LogP contribution in [0.15, 0.2) is 11.4 Å². The Balaban J connectivity index is 1.81. The molecule has 0 fully saturated rings. The van der Waals surface area contributed by atoms with Gasteiger partial charge in [-0.15, -0.1) is 11.3 Å². The predicted molar refractivity (Wildman–Crippen MR) is 80.6 cm³/mol. The molecule has 1 aromatic rings. The first-order chi connectivity index (χ1) is 8.70. The number of nitrogens with one attached hydrogen (secondary N) is 1. The highest BCUT2D eigenvalue weighted by Crippen LogP contribution is 2.34. The topological polar surface area (TPSA) is 15.3 Å². The van der Waals surface area contributed by atoms with E-state index in [-0.39, 0.29) is 0 Å². The predicted octanol–water partition coefficient (Wildman–Crippen LogP) is 3.10. The van der Waals surface area contributed by atoms with E-state index in [1.807, 2.05) is 11.3 Å². The standard InChI is InChI=1S/C15H26N2S/c1-4-17(3)11-12(2)16-10-13-6-5-7-15-14(13)8-9-18-15/h8-9,12-13,16H,4-7,10-11H2,1-3H3. The SMILES string of the molecule is CCN(C)CC(C)NCC1CCCc2sccc21. The summed E-state index contributed by atoms with van der Waals surface area (Å²) in [6.07, 6.45) is 4.02. The average molecular weight is 266 g/mol. The summed E-state index contributed by atoms with van der Waals surface area (Å²) in [6.45, 7) is 7.92. The lowest BCUT2D eigenvalue weighted by atomic mass is 9.87. The number of hydrogen-bond acceptors (Lipinski definition) is 3. The van der Waals surface area contributed by atoms with E-state index < -0.39 is 0 Å². The van der Waals surface area contributed by atoms with E-state index >= 15 is 0 Å². The fourth-order valence-electron chi connectivity index (χ4n) is 2.80. The van der Waals surface area contributed by atoms with Gasteiger partial charge in [0.15, 0.2) is 0 Å². The lowest BCUT2D eigenvalue weighted by molar-refractivity contribution is 0.305. The third-order valence-corrected chi connectivity index (χ3v) is 5.01. The zero-order valence-corrected chi connectivity index (χ0v) is 12.7. The van der Waals surface area contributed by atoms with Gasteiger partial charge < -0.3 is 10.2 Å². The van der Waals surface area contributed by atoms with Gasteiger partial charge in [-0.05, 0) is 62.7 Å². The molecule has 1 aliphatic carbocycles. The molecule has 0 aliphatic heterocycles. The molecule has 18 heavy (non-hydrogen) atoms. The normalized spacial score (nSPS) is 21.0. The highest BCUT2D eigenvalue weighted by atomic mass is 32.1. The minimum absolute atomic E-state index is 0.582. The summed E-state index contributed by atoms with van der Waals surface area (Å²) in [5, 5.41) is 5.97. The van der Waals surface area contributed by atoms with Crippen LogP contribution in [-0.2, 0) is 6.42 Å². The summed E-state index contributed by atoms with van der Waals surface area (Å²) in [5.41, 5.74) is 1.62. The molecule has 2 nitrogen and oxygen atoms in total. The van der Waals surface area contributed by atoms with E-state index in [2.05, 4.69) is 42.6 Å². The highest BCUT2D eigenvalue weighted by molar-refractivity contribution is 7.10. The van der Waals surface area contributed by atoms with Gasteiger partial charge in [0.25, 0.3) is 0 Å². The van der Waals surface area contributed by atoms with Gasteiger partial charge in [-0.3, -0.25) is 0 Å². The van der Waals surface area contributed by atoms with E-state index in [0.717, 1.165) is 25.6 Å². The van der Waals surface area contributed by atoms with E-state index in [0.29, 0.717) is 6.04 Å². The molecule has 2 unspecified atom stereocenters. The number of fused-ring (bicyclic) bond motifs is 1. The minimum atomic E-state index is 0.582. The Hall–Kier alpha value is -0.380. The molecular formula is C15H26N2S. The second kappa shape index (κ2) is 6.69. The summed E-state index contributed by atoms with van der Waals surface area (Å²) in [5.74, 6) is 0.745. The summed E-state index contributed by atoms with van der Waals surface area (Å²) in [6, 6.07) is 2.92. The molecule has 0 amide bonds. The van der Waals surface area contributed by atoms with Crippen LogP contribution in [0.25, 0.3) is 0 Å². The quantitative estimate of drug-likeness (QED) is 0.851. The van der Waals surface area contributed by atoms with Crippen molar-refractivity contribution in [2.24, 2.45) is 0 Å². The second-order valence-electron chi connectivity index (χ2n) is 5.55. The first-order valence-corrected chi connectivity index (χ1v) is 8.06. The molecule has 0 aromatic carbocycles. The first-order valence-electron chi connectivity index (χ1n) is 7.19. The fraction of sp³-hybridized carbons (Fsp3) is 0.733. The van der Waals surface area contributed by atoms with Crippen molar-refractivity contribution < 1.29 is 0 Å². The zero-order valence-electron chi connectivity index (χ0n) is 11.9. The lowest BCUT2D eigenvalue weighted by Gasteiger charge is -2.26. The molecular weight excluding hydrogens is 240 g/mol. The number of nitrogens with zero attached hydrogens (tertiary/aromatic N) is 1. The third-order valence-electron chi connectivity index (χ3n) is 4.01. The molecule has 0 radical (unpaired) electrons. The Labute approximate surface area is 115 Å². The van der Waals surface area contributed by atoms with Crippen LogP contribution in [-0.4, -0.2) is 37.6 Å². The molecule has 2 atom stereocenters. The molecule has 0 saturated carbocycles. The maximum atomic E-state index is 3.71. The second-order valence-corrected chi connectivity index (χ2v) is 6.55. The zero-order chi connectivity index (χ0) is 13.0. The van der Waals surface area contributed by atoms with Crippen molar-refractivity contribution in [3.05, 3.63) is 21.9 Å². The van der Waals surface area contributed by atoms with Gasteiger partial charge in [-0.1, -0.05) is 6.92 Å². The maximum absolute atomic E-state index is 3.71. The Kier molecular flexibility index (Phi) is 5.22. The Morgan fingerprint density at radius 1 is 1.56 bits per heavy atom. The summed E-state index contributed by atoms with van der Waals surface area (Å²) in [7, 11) is 2.19. The van der Waals surface area contributed by atoms with Gasteiger partial charge in [-0.25, -0.2) is 0 Å². The molecule has 0 spiro atoms. The Morgan fingerprint density at radius 3 is 3.17 bits per heavy atom. The molecule has 3 heteroatoms. The summed E-state index contributed by atoms with van der Waals surface area (Å²) in [4.78, 5) is 4.00. The first kappa shape index (κ1) is 14.0. The van der Waals surface area contributed by atoms with Crippen LogP contribution in [0.5, 0.6) is 0 Å². The van der Waals surface area contributed by atoms with Crippen molar-refractivity contribution >= 4 is 11.3 Å². The van der Waals surface area contributed by atoms with Gasteiger partial charge in [0.05, 0.1) is 0 Å². The van der Waals surface area contributed by atoms with Crippen molar-refractivity contribution in [1.82, 2.24) is 10.2 Å². The molecule has 2 rings (SSSR count). The molecule has 1 aromatic heterocycles. The number of aryl methyl sites for hydroxylation is 1. The smallest absolute Gasteiger partial charge is 0.0166 e. The maximum Gasteiger partial charge on any atom is 0.0166 e. The molecule has 1 heterocycles. The van der Waals surface area contributed by atoms with Crippen LogP contribution in [0, 0.1) is 0 Å². The molecule has 102 valence electrons. The van der Waals surface area contributed by atoms with Gasteiger partial charge in [0.1, 0.15) is 0 Å².